The van der Waals surface area contributed by atoms with Crippen molar-refractivity contribution in [1.29, 1.82) is 5.26 Å². The zero-order chi connectivity index (χ0) is 30.2. The molecule has 41 heavy (non-hydrogen) atoms. The molecule has 214 valence electrons. The van der Waals surface area contributed by atoms with Crippen LogP contribution < -0.4 is 9.84 Å². The number of amides is 1. The summed E-state index contributed by atoms with van der Waals surface area (Å²) in [5.74, 6) is -3.00. The number of carbonyl (C=O) groups excluding carboxylic acids is 1. The molecule has 0 aliphatic rings. The van der Waals surface area contributed by atoms with Crippen LogP contribution in [0.2, 0.25) is 0 Å². The van der Waals surface area contributed by atoms with E-state index in [1.807, 2.05) is 0 Å². The number of nitrogens with one attached hydrogen (secondary N) is 1. The molecule has 3 aromatic carbocycles. The van der Waals surface area contributed by atoms with Crippen molar-refractivity contribution in [2.45, 2.75) is 10.4 Å². The Hall–Kier alpha value is -4.09. The number of halogens is 3. The molecule has 0 saturated heterocycles. The fourth-order valence-corrected chi connectivity index (χ4v) is 8.30. The largest absolute Gasteiger partial charge is 0.504 e. The minimum atomic E-state index is -4.93. The van der Waals surface area contributed by atoms with Gasteiger partial charge in [0.1, 0.15) is 9.96 Å². The minimum absolute atomic E-state index is 0.0558. The number of anilines is 1. The van der Waals surface area contributed by atoms with Gasteiger partial charge in [-0.05, 0) is 66.0 Å². The van der Waals surface area contributed by atoms with Crippen LogP contribution >= 0.6 is 18.9 Å². The van der Waals surface area contributed by atoms with Crippen molar-refractivity contribution in [1.82, 2.24) is 0 Å². The fraction of sp³-hybridized carbons (Fsp3) is 0.120. The van der Waals surface area contributed by atoms with Crippen LogP contribution in [0.15, 0.2) is 64.9 Å². The van der Waals surface area contributed by atoms with Crippen LogP contribution in [0.25, 0.3) is 10.1 Å². The van der Waals surface area contributed by atoms with E-state index < -0.39 is 69.8 Å². The van der Waals surface area contributed by atoms with Crippen molar-refractivity contribution in [3.8, 4) is 23.3 Å². The van der Waals surface area contributed by atoms with Gasteiger partial charge in [-0.1, -0.05) is 0 Å². The predicted molar refractivity (Wildman–Crippen MR) is 143 cm³/mol. The van der Waals surface area contributed by atoms with Gasteiger partial charge in [0.2, 0.25) is 0 Å². The standard InChI is InChI=1S/C25H18F3N2O8PS2/c26-25(27,28)19-12-18(4-1-15(19)13-29)38-39(34,35)7-8-41(36,37)23-11-16-9-17(3-6-22(16)40-23)30-24(33)14-2-5-20(31)21(32)10-14/h1-6,9-12,31-32H,7-8H2,(H,30,33)(H,34,35). The molecule has 0 fully saturated rings. The highest BCUT2D eigenvalue weighted by atomic mass is 32.2. The van der Waals surface area contributed by atoms with Gasteiger partial charge in [0.25, 0.3) is 5.91 Å². The van der Waals surface area contributed by atoms with Crippen LogP contribution in [0, 0.1) is 11.3 Å². The number of fused-ring (bicyclic) bond motifs is 1. The molecule has 1 aromatic heterocycles. The average molecular weight is 627 g/mol. The summed E-state index contributed by atoms with van der Waals surface area (Å²) in [7, 11) is -8.86. The molecule has 10 nitrogen and oxygen atoms in total. The molecule has 0 radical (unpaired) electrons. The van der Waals surface area contributed by atoms with Crippen molar-refractivity contribution in [3.05, 3.63) is 77.4 Å². The number of hydrogen-bond acceptors (Lipinski definition) is 9. The number of hydrogen-bond donors (Lipinski definition) is 4. The number of nitriles is 1. The van der Waals surface area contributed by atoms with Crippen LogP contribution in [0.3, 0.4) is 0 Å². The van der Waals surface area contributed by atoms with E-state index in [1.54, 1.807) is 6.07 Å². The van der Waals surface area contributed by atoms with E-state index in [4.69, 9.17) is 9.79 Å². The molecule has 0 bridgehead atoms. The molecule has 4 aromatic rings. The summed E-state index contributed by atoms with van der Waals surface area (Å²) < 4.78 is 83.0. The van der Waals surface area contributed by atoms with Crippen molar-refractivity contribution >= 4 is 50.5 Å². The highest BCUT2D eigenvalue weighted by molar-refractivity contribution is 7.94. The number of phenolic OH excluding ortho intramolecular Hbond substituents is 2. The lowest BCUT2D eigenvalue weighted by molar-refractivity contribution is -0.137. The van der Waals surface area contributed by atoms with Crippen LogP contribution in [0.4, 0.5) is 18.9 Å². The van der Waals surface area contributed by atoms with Gasteiger partial charge in [-0.3, -0.25) is 4.79 Å². The molecule has 0 aliphatic heterocycles. The van der Waals surface area contributed by atoms with E-state index in [0.29, 0.717) is 21.8 Å². The summed E-state index contributed by atoms with van der Waals surface area (Å²) >= 11 is 0.866. The van der Waals surface area contributed by atoms with Crippen molar-refractivity contribution < 1.29 is 50.6 Å². The minimum Gasteiger partial charge on any atom is -0.504 e. The first kappa shape index (κ1) is 29.9. The third kappa shape index (κ3) is 6.98. The third-order valence-electron chi connectivity index (χ3n) is 5.60. The number of rotatable bonds is 8. The lowest BCUT2D eigenvalue weighted by Crippen LogP contribution is -2.12. The first-order chi connectivity index (χ1) is 19.1. The Balaban J connectivity index is 1.47. The van der Waals surface area contributed by atoms with E-state index in [1.165, 1.54) is 30.3 Å². The SMILES string of the molecule is N#Cc1ccc(OP(=O)(O)CCS(=O)(=O)c2cc3cc(NC(=O)c4ccc(O)c(O)c4)ccc3s2)cc1C(F)(F)F. The third-order valence-corrected chi connectivity index (χ3v) is 10.6. The van der Waals surface area contributed by atoms with Crippen LogP contribution in [0.1, 0.15) is 21.5 Å². The molecule has 1 unspecified atom stereocenters. The normalized spacial score (nSPS) is 13.3. The summed E-state index contributed by atoms with van der Waals surface area (Å²) in [6, 6.07) is 12.8. The van der Waals surface area contributed by atoms with Gasteiger partial charge in [0, 0.05) is 16.0 Å². The van der Waals surface area contributed by atoms with Gasteiger partial charge in [-0.25, -0.2) is 13.0 Å². The van der Waals surface area contributed by atoms with Crippen LogP contribution in [-0.4, -0.2) is 41.3 Å². The number of aromatic hydroxyl groups is 2. The van der Waals surface area contributed by atoms with E-state index in [2.05, 4.69) is 5.32 Å². The van der Waals surface area contributed by atoms with Crippen molar-refractivity contribution in [2.75, 3.05) is 17.2 Å². The van der Waals surface area contributed by atoms with E-state index in [9.17, 15) is 46.1 Å². The van der Waals surface area contributed by atoms with Gasteiger partial charge < -0.3 is 24.9 Å². The Kier molecular flexibility index (Phi) is 8.06. The zero-order valence-electron chi connectivity index (χ0n) is 20.4. The molecule has 4 rings (SSSR count). The Labute approximate surface area is 234 Å². The van der Waals surface area contributed by atoms with Gasteiger partial charge >= 0.3 is 13.8 Å². The highest BCUT2D eigenvalue weighted by Crippen LogP contribution is 2.45. The van der Waals surface area contributed by atoms with E-state index >= 15 is 0 Å². The van der Waals surface area contributed by atoms with Crippen molar-refractivity contribution in [2.24, 2.45) is 0 Å². The second-order valence-corrected chi connectivity index (χ2v) is 13.9. The topological polar surface area (TPSA) is 174 Å². The fourth-order valence-electron chi connectivity index (χ4n) is 3.58. The number of thiophene rings is 1. The Morgan fingerprint density at radius 3 is 2.44 bits per heavy atom. The van der Waals surface area contributed by atoms with Gasteiger partial charge in [0.15, 0.2) is 21.3 Å². The molecule has 1 atom stereocenters. The summed E-state index contributed by atoms with van der Waals surface area (Å²) in [4.78, 5) is 22.6. The Morgan fingerprint density at radius 2 is 1.78 bits per heavy atom. The number of sulfone groups is 1. The summed E-state index contributed by atoms with van der Waals surface area (Å²) in [5.41, 5.74) is -1.73. The van der Waals surface area contributed by atoms with E-state index in [0.717, 1.165) is 35.6 Å². The van der Waals surface area contributed by atoms with Gasteiger partial charge in [-0.15, -0.1) is 11.3 Å². The molecule has 1 heterocycles. The molecular formula is C25H18F3N2O8PS2. The lowest BCUT2D eigenvalue weighted by atomic mass is 10.1. The molecule has 1 amide bonds. The quantitative estimate of drug-likeness (QED) is 0.146. The summed E-state index contributed by atoms with van der Waals surface area (Å²) in [6.07, 6.45) is -5.85. The van der Waals surface area contributed by atoms with Crippen LogP contribution in [0.5, 0.6) is 17.2 Å². The summed E-state index contributed by atoms with van der Waals surface area (Å²) in [5, 5.41) is 30.9. The van der Waals surface area contributed by atoms with Crippen LogP contribution in [-0.2, 0) is 20.6 Å². The van der Waals surface area contributed by atoms with E-state index in [-0.39, 0.29) is 9.77 Å². The Bertz CT molecular complexity index is 1870. The molecule has 0 aliphatic carbocycles. The number of alkyl halides is 3. The molecule has 4 N–H and O–H groups in total. The zero-order valence-corrected chi connectivity index (χ0v) is 22.9. The molecule has 0 spiro atoms. The second-order valence-electron chi connectivity index (χ2n) is 8.56. The van der Waals surface area contributed by atoms with Crippen molar-refractivity contribution in [3.63, 3.8) is 0 Å². The average Bonchev–Trinajstić information content (AvgIpc) is 3.33. The maximum Gasteiger partial charge on any atom is 0.417 e. The maximum atomic E-state index is 13.2. The first-order valence-electron chi connectivity index (χ1n) is 11.3. The van der Waals surface area contributed by atoms with Gasteiger partial charge in [-0.2, -0.15) is 18.4 Å². The first-order valence-corrected chi connectivity index (χ1v) is 15.5. The smallest absolute Gasteiger partial charge is 0.417 e. The predicted octanol–water partition coefficient (Wildman–Crippen LogP) is 5.49. The summed E-state index contributed by atoms with van der Waals surface area (Å²) in [6.45, 7) is 0. The molecular weight excluding hydrogens is 608 g/mol. The number of carbonyl (C=O) groups is 1. The van der Waals surface area contributed by atoms with Gasteiger partial charge in [0.05, 0.1) is 29.1 Å². The second kappa shape index (κ2) is 11.1. The number of phenols is 2. The molecule has 16 heteroatoms. The monoisotopic (exact) mass is 626 g/mol. The maximum absolute atomic E-state index is 13.2. The lowest BCUT2D eigenvalue weighted by Gasteiger charge is -2.15. The Morgan fingerprint density at radius 1 is 1.05 bits per heavy atom. The number of nitrogens with zero attached hydrogens (tertiary/aromatic N) is 1. The highest BCUT2D eigenvalue weighted by Gasteiger charge is 2.35. The molecule has 0 saturated carbocycles. The number of benzene rings is 3.